The Balaban J connectivity index is 1.79. The minimum absolute atomic E-state index is 0.0920. The second-order valence-corrected chi connectivity index (χ2v) is 7.80. The number of nitrogens with zero attached hydrogens (tertiary/aromatic N) is 1. The average Bonchev–Trinajstić information content (AvgIpc) is 2.77. The molecule has 0 unspecified atom stereocenters. The minimum Gasteiger partial charge on any atom is -0.495 e. The summed E-state index contributed by atoms with van der Waals surface area (Å²) >= 11 is 6.16. The van der Waals surface area contributed by atoms with Crippen LogP contribution in [0.15, 0.2) is 36.4 Å². The molecule has 6 nitrogen and oxygen atoms in total. The highest BCUT2D eigenvalue weighted by Gasteiger charge is 2.27. The second kappa shape index (κ2) is 10.7. The lowest BCUT2D eigenvalue weighted by atomic mass is 9.86. The van der Waals surface area contributed by atoms with Crippen molar-refractivity contribution in [2.45, 2.75) is 31.7 Å². The molecule has 2 N–H and O–H groups in total. The molecule has 2 aromatic rings. The van der Waals surface area contributed by atoms with Crippen molar-refractivity contribution < 1.29 is 19.4 Å². The van der Waals surface area contributed by atoms with Gasteiger partial charge in [-0.05, 0) is 36.8 Å². The highest BCUT2D eigenvalue weighted by atomic mass is 35.5. The molecule has 0 spiro atoms. The maximum absolute atomic E-state index is 12.9. The number of nitrogens with one attached hydrogen (secondary N) is 1. The van der Waals surface area contributed by atoms with Crippen LogP contribution in [-0.2, 0) is 11.2 Å². The predicted octanol–water partition coefficient (Wildman–Crippen LogP) is 4.06. The lowest BCUT2D eigenvalue weighted by Gasteiger charge is -2.35. The first-order chi connectivity index (χ1) is 14.6. The van der Waals surface area contributed by atoms with Gasteiger partial charge in [0.15, 0.2) is 0 Å². The number of ether oxygens (including phenoxy) is 2. The molecule has 1 aliphatic carbocycles. The summed E-state index contributed by atoms with van der Waals surface area (Å²) in [6.07, 6.45) is 3.76. The summed E-state index contributed by atoms with van der Waals surface area (Å²) in [5, 5.41) is 12.7. The molecule has 0 aromatic heterocycles. The van der Waals surface area contributed by atoms with E-state index in [-0.39, 0.29) is 25.1 Å². The van der Waals surface area contributed by atoms with E-state index in [1.807, 2.05) is 6.07 Å². The van der Waals surface area contributed by atoms with Crippen molar-refractivity contribution in [3.8, 4) is 11.5 Å². The van der Waals surface area contributed by atoms with Gasteiger partial charge in [-0.2, -0.15) is 0 Å². The average molecular weight is 433 g/mol. The first-order valence-electron chi connectivity index (χ1n) is 10.2. The summed E-state index contributed by atoms with van der Waals surface area (Å²) in [5.41, 5.74) is 3.13. The lowest BCUT2D eigenvalue weighted by Crippen LogP contribution is -2.38. The smallest absolute Gasteiger partial charge is 0.238 e. The van der Waals surface area contributed by atoms with Crippen LogP contribution in [0.4, 0.5) is 5.69 Å². The van der Waals surface area contributed by atoms with Crippen LogP contribution in [0.5, 0.6) is 11.5 Å². The van der Waals surface area contributed by atoms with Crippen LogP contribution in [0.3, 0.4) is 0 Å². The molecule has 1 aliphatic rings. The van der Waals surface area contributed by atoms with Crippen molar-refractivity contribution in [3.63, 3.8) is 0 Å². The monoisotopic (exact) mass is 432 g/mol. The molecular weight excluding hydrogens is 404 g/mol. The highest BCUT2D eigenvalue weighted by molar-refractivity contribution is 6.32. The molecular formula is C23H29ClN2O4. The van der Waals surface area contributed by atoms with E-state index in [9.17, 15) is 9.90 Å². The van der Waals surface area contributed by atoms with Crippen LogP contribution in [-0.4, -0.2) is 49.8 Å². The summed E-state index contributed by atoms with van der Waals surface area (Å²) in [7, 11) is 3.05. The maximum atomic E-state index is 12.9. The minimum atomic E-state index is -0.154. The molecule has 1 amide bonds. The zero-order valence-corrected chi connectivity index (χ0v) is 18.2. The van der Waals surface area contributed by atoms with E-state index in [1.54, 1.807) is 12.1 Å². The molecule has 0 saturated carbocycles. The molecule has 0 saturated heterocycles. The quantitative estimate of drug-likeness (QED) is 0.625. The number of aryl methyl sites for hydroxylation is 1. The van der Waals surface area contributed by atoms with E-state index < -0.39 is 0 Å². The van der Waals surface area contributed by atoms with E-state index in [1.165, 1.54) is 25.3 Å². The van der Waals surface area contributed by atoms with Crippen LogP contribution in [0.25, 0.3) is 0 Å². The van der Waals surface area contributed by atoms with Crippen LogP contribution in [0, 0.1) is 0 Å². The molecule has 7 heteroatoms. The van der Waals surface area contributed by atoms with E-state index in [2.05, 4.69) is 28.4 Å². The Morgan fingerprint density at radius 1 is 1.23 bits per heavy atom. The fourth-order valence-electron chi connectivity index (χ4n) is 4.06. The van der Waals surface area contributed by atoms with Gasteiger partial charge < -0.3 is 19.9 Å². The van der Waals surface area contributed by atoms with Crippen LogP contribution in [0.2, 0.25) is 5.02 Å². The van der Waals surface area contributed by atoms with Gasteiger partial charge in [0.1, 0.15) is 11.5 Å². The molecule has 0 heterocycles. The zero-order valence-electron chi connectivity index (χ0n) is 17.5. The molecule has 0 bridgehead atoms. The summed E-state index contributed by atoms with van der Waals surface area (Å²) < 4.78 is 10.6. The van der Waals surface area contributed by atoms with E-state index in [0.29, 0.717) is 35.2 Å². The number of aliphatic hydroxyl groups excluding tert-OH is 1. The molecule has 0 fully saturated rings. The molecule has 30 heavy (non-hydrogen) atoms. The maximum Gasteiger partial charge on any atom is 0.238 e. The Morgan fingerprint density at radius 3 is 2.73 bits per heavy atom. The molecule has 1 atom stereocenters. The Kier molecular flexibility index (Phi) is 7.96. The summed E-state index contributed by atoms with van der Waals surface area (Å²) in [6, 6.07) is 11.9. The largest absolute Gasteiger partial charge is 0.495 e. The van der Waals surface area contributed by atoms with Gasteiger partial charge in [-0.25, -0.2) is 0 Å². The Morgan fingerprint density at radius 2 is 2.00 bits per heavy atom. The first kappa shape index (κ1) is 22.4. The van der Waals surface area contributed by atoms with Gasteiger partial charge in [0.25, 0.3) is 0 Å². The van der Waals surface area contributed by atoms with Gasteiger partial charge in [-0.3, -0.25) is 9.69 Å². The Hall–Kier alpha value is -2.28. The van der Waals surface area contributed by atoms with Crippen molar-refractivity contribution in [1.82, 2.24) is 4.90 Å². The third-order valence-electron chi connectivity index (χ3n) is 5.48. The van der Waals surface area contributed by atoms with Crippen molar-refractivity contribution in [2.24, 2.45) is 0 Å². The van der Waals surface area contributed by atoms with Gasteiger partial charge in [0.2, 0.25) is 5.91 Å². The van der Waals surface area contributed by atoms with E-state index in [4.69, 9.17) is 21.1 Å². The Labute approximate surface area is 182 Å². The highest BCUT2D eigenvalue weighted by Crippen LogP contribution is 2.37. The fourth-order valence-corrected chi connectivity index (χ4v) is 4.29. The lowest BCUT2D eigenvalue weighted by molar-refractivity contribution is -0.118. The number of carbonyl (C=O) groups excluding carboxylic acids is 1. The number of halogens is 1. The number of hydrogen-bond donors (Lipinski definition) is 2. The van der Waals surface area contributed by atoms with Gasteiger partial charge in [-0.15, -0.1) is 0 Å². The number of benzene rings is 2. The molecule has 0 radical (unpaired) electrons. The number of rotatable bonds is 9. The number of fused-ring (bicyclic) bond motifs is 1. The molecule has 162 valence electrons. The van der Waals surface area contributed by atoms with Crippen LogP contribution < -0.4 is 14.8 Å². The molecule has 3 rings (SSSR count). The Bertz CT molecular complexity index is 874. The number of carbonyl (C=O) groups is 1. The first-order valence-corrected chi connectivity index (χ1v) is 10.6. The van der Waals surface area contributed by atoms with E-state index in [0.717, 1.165) is 19.3 Å². The summed E-state index contributed by atoms with van der Waals surface area (Å²) in [4.78, 5) is 15.1. The number of methoxy groups -OCH3 is 2. The third-order valence-corrected chi connectivity index (χ3v) is 5.77. The van der Waals surface area contributed by atoms with Gasteiger partial charge >= 0.3 is 0 Å². The number of amides is 1. The number of hydrogen-bond acceptors (Lipinski definition) is 5. The predicted molar refractivity (Wildman–Crippen MR) is 119 cm³/mol. The standard InChI is InChI=1S/C23H29ClN2O4/c1-29-21-14-19(22(30-2)13-18(21)24)25-23(28)15-26(11-6-12-27)20-10-5-8-16-7-3-4-9-17(16)20/h3-4,7,9,13-14,20,27H,5-6,8,10-12,15H2,1-2H3,(H,25,28)/t20-/m1/s1. The normalized spacial score (nSPS) is 15.6. The topological polar surface area (TPSA) is 71.0 Å². The van der Waals surface area contributed by atoms with Crippen molar-refractivity contribution in [3.05, 3.63) is 52.5 Å². The zero-order chi connectivity index (χ0) is 21.5. The van der Waals surface area contributed by atoms with E-state index >= 15 is 0 Å². The van der Waals surface area contributed by atoms with Crippen LogP contribution in [0.1, 0.15) is 36.4 Å². The summed E-state index contributed by atoms with van der Waals surface area (Å²) in [5.74, 6) is 0.781. The SMILES string of the molecule is COc1cc(NC(=O)CN(CCCO)[C@@H]2CCCc3ccccc32)c(OC)cc1Cl. The number of aliphatic hydroxyl groups is 1. The fraction of sp³-hybridized carbons (Fsp3) is 0.435. The third kappa shape index (κ3) is 5.25. The van der Waals surface area contributed by atoms with Crippen molar-refractivity contribution >= 4 is 23.2 Å². The molecule has 2 aromatic carbocycles. The molecule has 0 aliphatic heterocycles. The van der Waals surface area contributed by atoms with Crippen LogP contribution >= 0.6 is 11.6 Å². The van der Waals surface area contributed by atoms with Gasteiger partial charge in [0.05, 0.1) is 31.5 Å². The van der Waals surface area contributed by atoms with Gasteiger partial charge in [-0.1, -0.05) is 35.9 Å². The second-order valence-electron chi connectivity index (χ2n) is 7.39. The number of anilines is 1. The van der Waals surface area contributed by atoms with Crippen molar-refractivity contribution in [2.75, 3.05) is 39.2 Å². The van der Waals surface area contributed by atoms with Gasteiger partial charge in [0, 0.05) is 31.3 Å². The summed E-state index contributed by atoms with van der Waals surface area (Å²) in [6.45, 7) is 0.950. The van der Waals surface area contributed by atoms with Crippen molar-refractivity contribution in [1.29, 1.82) is 0 Å².